The van der Waals surface area contributed by atoms with Crippen molar-refractivity contribution < 1.29 is 14.3 Å². The monoisotopic (exact) mass is 482 g/mol. The van der Waals surface area contributed by atoms with Crippen molar-refractivity contribution in [3.8, 4) is 11.1 Å². The molecule has 7 heteroatoms. The van der Waals surface area contributed by atoms with Crippen LogP contribution in [0, 0.1) is 0 Å². The van der Waals surface area contributed by atoms with E-state index in [0.717, 1.165) is 67.1 Å². The van der Waals surface area contributed by atoms with E-state index in [1.165, 1.54) is 0 Å². The molecule has 1 N–H and O–H groups in total. The Morgan fingerprint density at radius 1 is 0.833 bits per heavy atom. The fraction of sp³-hybridized carbons (Fsp3) is 0.276. The number of carbonyl (C=O) groups is 2. The molecule has 0 aliphatic carbocycles. The number of fused-ring (bicyclic) bond motifs is 1. The van der Waals surface area contributed by atoms with Crippen LogP contribution in [-0.2, 0) is 16.1 Å². The molecule has 3 aromatic carbocycles. The number of nitrogens with one attached hydrogen (secondary N) is 1. The van der Waals surface area contributed by atoms with Crippen molar-refractivity contribution in [3.05, 3.63) is 84.6 Å². The Hall–Kier alpha value is -3.81. The lowest BCUT2D eigenvalue weighted by molar-refractivity contribution is -0.116. The lowest BCUT2D eigenvalue weighted by Gasteiger charge is -2.26. The van der Waals surface area contributed by atoms with Gasteiger partial charge in [-0.1, -0.05) is 60.7 Å². The van der Waals surface area contributed by atoms with Gasteiger partial charge in [0.2, 0.25) is 5.91 Å². The summed E-state index contributed by atoms with van der Waals surface area (Å²) < 4.78 is 7.39. The second-order valence-electron chi connectivity index (χ2n) is 8.97. The molecule has 0 spiro atoms. The van der Waals surface area contributed by atoms with Crippen molar-refractivity contribution in [2.45, 2.75) is 19.4 Å². The Balaban J connectivity index is 1.16. The van der Waals surface area contributed by atoms with Gasteiger partial charge in [0.05, 0.1) is 37.2 Å². The number of Topliss-reactive ketones (excluding diaryl/α,β-unsaturated/α-hetero) is 1. The van der Waals surface area contributed by atoms with Crippen molar-refractivity contribution in [2.24, 2.45) is 0 Å². The molecule has 0 unspecified atom stereocenters. The quantitative estimate of drug-likeness (QED) is 0.352. The van der Waals surface area contributed by atoms with Crippen LogP contribution in [0.15, 0.2) is 79.0 Å². The average molecular weight is 483 g/mol. The van der Waals surface area contributed by atoms with Gasteiger partial charge in [0.1, 0.15) is 0 Å². The summed E-state index contributed by atoms with van der Waals surface area (Å²) in [6, 6.07) is 23.4. The number of hydrogen-bond acceptors (Lipinski definition) is 5. The molecular formula is C29H30N4O3. The maximum atomic E-state index is 12.7. The zero-order valence-electron chi connectivity index (χ0n) is 20.2. The lowest BCUT2D eigenvalue weighted by atomic mass is 10.0. The van der Waals surface area contributed by atoms with Gasteiger partial charge in [-0.2, -0.15) is 5.10 Å². The molecule has 1 amide bonds. The summed E-state index contributed by atoms with van der Waals surface area (Å²) in [4.78, 5) is 27.7. The number of amides is 1. The van der Waals surface area contributed by atoms with Crippen molar-refractivity contribution in [1.29, 1.82) is 0 Å². The fourth-order valence-corrected chi connectivity index (χ4v) is 4.51. The van der Waals surface area contributed by atoms with E-state index in [-0.39, 0.29) is 24.5 Å². The van der Waals surface area contributed by atoms with Crippen LogP contribution < -0.4 is 5.32 Å². The molecule has 0 atom stereocenters. The van der Waals surface area contributed by atoms with Crippen molar-refractivity contribution in [2.75, 3.05) is 38.2 Å². The number of nitrogens with zero attached hydrogens (tertiary/aromatic N) is 3. The first-order chi connectivity index (χ1) is 17.7. The molecule has 1 aliphatic heterocycles. The molecule has 0 saturated carbocycles. The molecule has 1 aromatic heterocycles. The summed E-state index contributed by atoms with van der Waals surface area (Å²) in [7, 11) is 0. The highest BCUT2D eigenvalue weighted by atomic mass is 16.5. The van der Waals surface area contributed by atoms with Crippen LogP contribution >= 0.6 is 0 Å². The number of hydrogen-bond donors (Lipinski definition) is 1. The molecule has 2 heterocycles. The number of ether oxygens (including phenoxy) is 1. The molecule has 1 aliphatic rings. The third-order valence-corrected chi connectivity index (χ3v) is 6.59. The number of aromatic nitrogens is 2. The van der Waals surface area contributed by atoms with E-state index >= 15 is 0 Å². The van der Waals surface area contributed by atoms with Crippen LogP contribution in [0.3, 0.4) is 0 Å². The first kappa shape index (κ1) is 23.9. The molecule has 1 saturated heterocycles. The molecule has 4 aromatic rings. The van der Waals surface area contributed by atoms with Gasteiger partial charge in [-0.25, -0.2) is 0 Å². The van der Waals surface area contributed by atoms with E-state index in [1.807, 2.05) is 77.5 Å². The van der Waals surface area contributed by atoms with Gasteiger partial charge in [0.15, 0.2) is 5.78 Å². The van der Waals surface area contributed by atoms with Crippen LogP contribution in [-0.4, -0.2) is 59.2 Å². The molecule has 7 nitrogen and oxygen atoms in total. The van der Waals surface area contributed by atoms with Crippen LogP contribution in [0.25, 0.3) is 22.0 Å². The summed E-state index contributed by atoms with van der Waals surface area (Å²) in [5.74, 6) is -0.225. The highest BCUT2D eigenvalue weighted by Gasteiger charge is 2.14. The Kier molecular flexibility index (Phi) is 7.50. The third-order valence-electron chi connectivity index (χ3n) is 6.59. The predicted octanol–water partition coefficient (Wildman–Crippen LogP) is 4.64. The molecular weight excluding hydrogens is 452 g/mol. The minimum Gasteiger partial charge on any atom is -0.379 e. The highest BCUT2D eigenvalue weighted by Crippen LogP contribution is 2.24. The molecule has 184 valence electrons. The summed E-state index contributed by atoms with van der Waals surface area (Å²) in [5, 5.41) is 8.41. The van der Waals surface area contributed by atoms with Crippen LogP contribution in [0.5, 0.6) is 0 Å². The molecule has 0 radical (unpaired) electrons. The van der Waals surface area contributed by atoms with Gasteiger partial charge in [-0.15, -0.1) is 0 Å². The first-order valence-electron chi connectivity index (χ1n) is 12.4. The van der Waals surface area contributed by atoms with E-state index in [4.69, 9.17) is 4.74 Å². The number of anilines is 1. The van der Waals surface area contributed by atoms with Crippen LogP contribution in [0.4, 0.5) is 5.69 Å². The zero-order chi connectivity index (χ0) is 24.7. The van der Waals surface area contributed by atoms with Crippen molar-refractivity contribution in [3.63, 3.8) is 0 Å². The highest BCUT2D eigenvalue weighted by molar-refractivity contribution is 6.03. The van der Waals surface area contributed by atoms with E-state index in [1.54, 1.807) is 6.20 Å². The van der Waals surface area contributed by atoms with Crippen molar-refractivity contribution >= 4 is 28.3 Å². The van der Waals surface area contributed by atoms with Gasteiger partial charge in [0.25, 0.3) is 0 Å². The normalized spacial score (nSPS) is 14.1. The average Bonchev–Trinajstić information content (AvgIpc) is 3.36. The minimum absolute atomic E-state index is 0.0427. The Morgan fingerprint density at radius 2 is 1.58 bits per heavy atom. The number of rotatable bonds is 9. The minimum atomic E-state index is -0.183. The second kappa shape index (κ2) is 11.3. The SMILES string of the molecule is O=C(CCC(=O)c1ccc(-c2ccccc2)cc1)Nc1cccc2c1cnn2CCN1CCOCC1. The maximum absolute atomic E-state index is 12.7. The number of benzene rings is 3. The third kappa shape index (κ3) is 5.70. The van der Waals surface area contributed by atoms with Gasteiger partial charge in [0, 0.05) is 43.4 Å². The van der Waals surface area contributed by atoms with E-state index in [2.05, 4.69) is 15.3 Å². The molecule has 1 fully saturated rings. The summed E-state index contributed by atoms with van der Waals surface area (Å²) in [6.45, 7) is 5.12. The number of ketones is 1. The fourth-order valence-electron chi connectivity index (χ4n) is 4.51. The van der Waals surface area contributed by atoms with E-state index < -0.39 is 0 Å². The van der Waals surface area contributed by atoms with Gasteiger partial charge >= 0.3 is 0 Å². The standard InChI is InChI=1S/C29H30N4O3/c34-28(24-11-9-23(10-12-24)22-5-2-1-3-6-22)13-14-29(35)31-26-7-4-8-27-25(26)21-30-33(27)16-15-32-17-19-36-20-18-32/h1-12,21H,13-20H2,(H,31,35). The van der Waals surface area contributed by atoms with Gasteiger partial charge in [-0.05, 0) is 23.3 Å². The summed E-state index contributed by atoms with van der Waals surface area (Å²) >= 11 is 0. The largest absolute Gasteiger partial charge is 0.379 e. The zero-order valence-corrected chi connectivity index (χ0v) is 20.2. The van der Waals surface area contributed by atoms with Crippen LogP contribution in [0.2, 0.25) is 0 Å². The maximum Gasteiger partial charge on any atom is 0.224 e. The number of morpholine rings is 1. The Labute approximate surface area is 210 Å². The summed E-state index contributed by atoms with van der Waals surface area (Å²) in [6.07, 6.45) is 2.08. The Bertz CT molecular complexity index is 1330. The van der Waals surface area contributed by atoms with Crippen LogP contribution in [0.1, 0.15) is 23.2 Å². The molecule has 0 bridgehead atoms. The lowest BCUT2D eigenvalue weighted by Crippen LogP contribution is -2.38. The van der Waals surface area contributed by atoms with E-state index in [0.29, 0.717) is 5.56 Å². The van der Waals surface area contributed by atoms with Crippen molar-refractivity contribution in [1.82, 2.24) is 14.7 Å². The number of carbonyl (C=O) groups excluding carboxylic acids is 2. The van der Waals surface area contributed by atoms with E-state index in [9.17, 15) is 9.59 Å². The summed E-state index contributed by atoms with van der Waals surface area (Å²) in [5.41, 5.74) is 4.48. The predicted molar refractivity (Wildman–Crippen MR) is 141 cm³/mol. The smallest absolute Gasteiger partial charge is 0.224 e. The molecule has 36 heavy (non-hydrogen) atoms. The second-order valence-corrected chi connectivity index (χ2v) is 8.97. The van der Waals surface area contributed by atoms with Gasteiger partial charge < -0.3 is 10.1 Å². The Morgan fingerprint density at radius 3 is 2.36 bits per heavy atom. The molecule has 5 rings (SSSR count). The van der Waals surface area contributed by atoms with Gasteiger partial charge in [-0.3, -0.25) is 19.2 Å². The first-order valence-corrected chi connectivity index (χ1v) is 12.4. The topological polar surface area (TPSA) is 76.5 Å².